The van der Waals surface area contributed by atoms with E-state index in [0.29, 0.717) is 34.8 Å². The van der Waals surface area contributed by atoms with Gasteiger partial charge in [-0.3, -0.25) is 9.69 Å². The van der Waals surface area contributed by atoms with E-state index >= 15 is 0 Å². The van der Waals surface area contributed by atoms with Crippen molar-refractivity contribution in [3.05, 3.63) is 74.8 Å². The lowest BCUT2D eigenvalue weighted by Crippen LogP contribution is -2.22. The molecule has 8 heteroatoms. The Labute approximate surface area is 152 Å². The summed E-state index contributed by atoms with van der Waals surface area (Å²) in [6.07, 6.45) is -4.35. The normalized spacial score (nSPS) is 12.1. The quantitative estimate of drug-likeness (QED) is 0.735. The highest BCUT2D eigenvalue weighted by Gasteiger charge is 2.29. The summed E-state index contributed by atoms with van der Waals surface area (Å²) in [6.45, 7) is 0.744. The van der Waals surface area contributed by atoms with Crippen LogP contribution in [0.15, 0.2) is 47.3 Å². The standard InChI is InChI=1S/C18H15ClF3N3O/c1-25(9-11-2-4-12(5-3-11)18(20,21)22)10-16-23-15-8-13(19)6-7-14(15)17(26)24-16/h2-8H,9-10H2,1H3,(H,23,24,26). The molecule has 136 valence electrons. The molecule has 1 N–H and O–H groups in total. The fourth-order valence-corrected chi connectivity index (χ4v) is 2.82. The zero-order valence-corrected chi connectivity index (χ0v) is 14.5. The molecule has 0 saturated heterocycles. The van der Waals surface area contributed by atoms with Crippen LogP contribution in [0.5, 0.6) is 0 Å². The lowest BCUT2D eigenvalue weighted by Gasteiger charge is -2.17. The average Bonchev–Trinajstić information content (AvgIpc) is 2.53. The maximum Gasteiger partial charge on any atom is 0.416 e. The van der Waals surface area contributed by atoms with Crippen molar-refractivity contribution in [1.29, 1.82) is 0 Å². The molecule has 0 fully saturated rings. The number of hydrogen-bond donors (Lipinski definition) is 1. The number of aromatic amines is 1. The van der Waals surface area contributed by atoms with E-state index in [4.69, 9.17) is 11.6 Å². The van der Waals surface area contributed by atoms with Crippen LogP contribution < -0.4 is 5.56 Å². The van der Waals surface area contributed by atoms with E-state index < -0.39 is 11.7 Å². The van der Waals surface area contributed by atoms with Crippen LogP contribution in [0.2, 0.25) is 5.02 Å². The molecule has 0 saturated carbocycles. The van der Waals surface area contributed by atoms with Gasteiger partial charge in [0.05, 0.1) is 23.0 Å². The smallest absolute Gasteiger partial charge is 0.309 e. The number of nitrogens with one attached hydrogen (secondary N) is 1. The molecule has 0 radical (unpaired) electrons. The van der Waals surface area contributed by atoms with Gasteiger partial charge >= 0.3 is 6.18 Å². The SMILES string of the molecule is CN(Cc1ccc(C(F)(F)F)cc1)Cc1nc2cc(Cl)ccc2c(=O)[nH]1. The van der Waals surface area contributed by atoms with Gasteiger partial charge in [0.1, 0.15) is 5.82 Å². The summed E-state index contributed by atoms with van der Waals surface area (Å²) >= 11 is 5.94. The van der Waals surface area contributed by atoms with E-state index in [9.17, 15) is 18.0 Å². The van der Waals surface area contributed by atoms with Crippen LogP contribution in [0, 0.1) is 0 Å². The van der Waals surface area contributed by atoms with Crippen molar-refractivity contribution in [2.75, 3.05) is 7.05 Å². The number of H-pyrrole nitrogens is 1. The summed E-state index contributed by atoms with van der Waals surface area (Å²) in [6, 6.07) is 9.84. The van der Waals surface area contributed by atoms with Gasteiger partial charge in [-0.25, -0.2) is 4.98 Å². The lowest BCUT2D eigenvalue weighted by atomic mass is 10.1. The van der Waals surface area contributed by atoms with Gasteiger partial charge in [-0.2, -0.15) is 13.2 Å². The van der Waals surface area contributed by atoms with Crippen molar-refractivity contribution in [2.45, 2.75) is 19.3 Å². The zero-order chi connectivity index (χ0) is 18.9. The minimum absolute atomic E-state index is 0.260. The Hall–Kier alpha value is -2.38. The van der Waals surface area contributed by atoms with Gasteiger partial charge in [0.15, 0.2) is 0 Å². The third-order valence-corrected chi connectivity index (χ3v) is 4.11. The highest BCUT2D eigenvalue weighted by molar-refractivity contribution is 6.31. The molecule has 0 spiro atoms. The van der Waals surface area contributed by atoms with Gasteiger partial charge in [-0.05, 0) is 42.9 Å². The maximum absolute atomic E-state index is 12.6. The van der Waals surface area contributed by atoms with E-state index in [1.807, 2.05) is 4.90 Å². The molecule has 2 aromatic carbocycles. The van der Waals surface area contributed by atoms with Crippen molar-refractivity contribution < 1.29 is 13.2 Å². The van der Waals surface area contributed by atoms with Crippen molar-refractivity contribution in [3.8, 4) is 0 Å². The monoisotopic (exact) mass is 381 g/mol. The Morgan fingerprint density at radius 3 is 2.46 bits per heavy atom. The Kier molecular flexibility index (Phi) is 5.02. The zero-order valence-electron chi connectivity index (χ0n) is 13.8. The highest BCUT2D eigenvalue weighted by atomic mass is 35.5. The number of alkyl halides is 3. The number of benzene rings is 2. The lowest BCUT2D eigenvalue weighted by molar-refractivity contribution is -0.137. The van der Waals surface area contributed by atoms with Gasteiger partial charge in [0, 0.05) is 11.6 Å². The Bertz CT molecular complexity index is 984. The third kappa shape index (κ3) is 4.23. The van der Waals surface area contributed by atoms with Crippen molar-refractivity contribution in [1.82, 2.24) is 14.9 Å². The van der Waals surface area contributed by atoms with Crippen LogP contribution in [0.1, 0.15) is 17.0 Å². The molecule has 3 rings (SSSR count). The average molecular weight is 382 g/mol. The number of fused-ring (bicyclic) bond motifs is 1. The summed E-state index contributed by atoms with van der Waals surface area (Å²) in [4.78, 5) is 21.1. The first-order valence-corrected chi connectivity index (χ1v) is 8.13. The molecule has 0 atom stereocenters. The summed E-state index contributed by atoms with van der Waals surface area (Å²) in [7, 11) is 1.79. The molecule has 1 heterocycles. The van der Waals surface area contributed by atoms with Crippen LogP contribution in [0.25, 0.3) is 10.9 Å². The van der Waals surface area contributed by atoms with Gasteiger partial charge in [0.2, 0.25) is 0 Å². The summed E-state index contributed by atoms with van der Waals surface area (Å²) in [5, 5.41) is 0.934. The van der Waals surface area contributed by atoms with Crippen molar-refractivity contribution in [2.24, 2.45) is 0 Å². The van der Waals surface area contributed by atoms with Crippen molar-refractivity contribution in [3.63, 3.8) is 0 Å². The largest absolute Gasteiger partial charge is 0.416 e. The van der Waals surface area contributed by atoms with Gasteiger partial charge < -0.3 is 4.98 Å². The highest BCUT2D eigenvalue weighted by Crippen LogP contribution is 2.29. The molecular weight excluding hydrogens is 367 g/mol. The molecule has 26 heavy (non-hydrogen) atoms. The van der Waals surface area contributed by atoms with E-state index in [1.165, 1.54) is 12.1 Å². The van der Waals surface area contributed by atoms with E-state index in [0.717, 1.165) is 17.7 Å². The molecule has 0 unspecified atom stereocenters. The van der Waals surface area contributed by atoms with Gasteiger partial charge in [-0.15, -0.1) is 0 Å². The Balaban J connectivity index is 1.74. The van der Waals surface area contributed by atoms with E-state index in [-0.39, 0.29) is 5.56 Å². The fraction of sp³-hybridized carbons (Fsp3) is 0.222. The van der Waals surface area contributed by atoms with Crippen molar-refractivity contribution >= 4 is 22.5 Å². The number of rotatable bonds is 4. The summed E-state index contributed by atoms with van der Waals surface area (Å²) in [5.74, 6) is 0.458. The van der Waals surface area contributed by atoms with Crippen LogP contribution in [-0.2, 0) is 19.3 Å². The number of halogens is 4. The van der Waals surface area contributed by atoms with E-state index in [1.54, 1.807) is 25.2 Å². The number of aromatic nitrogens is 2. The molecule has 0 aliphatic heterocycles. The van der Waals surface area contributed by atoms with E-state index in [2.05, 4.69) is 9.97 Å². The first-order valence-electron chi connectivity index (χ1n) is 7.75. The van der Waals surface area contributed by atoms with Gasteiger partial charge in [0.25, 0.3) is 5.56 Å². The second-order valence-corrected chi connectivity index (χ2v) is 6.48. The Morgan fingerprint density at radius 2 is 1.81 bits per heavy atom. The van der Waals surface area contributed by atoms with Crippen LogP contribution in [0.3, 0.4) is 0 Å². The van der Waals surface area contributed by atoms with Crippen LogP contribution in [0.4, 0.5) is 13.2 Å². The minimum atomic E-state index is -4.35. The molecule has 0 aliphatic rings. The second kappa shape index (κ2) is 7.09. The van der Waals surface area contributed by atoms with Gasteiger partial charge in [-0.1, -0.05) is 23.7 Å². The molecule has 0 aliphatic carbocycles. The molecule has 4 nitrogen and oxygen atoms in total. The molecule has 1 aromatic heterocycles. The fourth-order valence-electron chi connectivity index (χ4n) is 2.66. The van der Waals surface area contributed by atoms with Crippen LogP contribution >= 0.6 is 11.6 Å². The molecule has 0 bridgehead atoms. The first kappa shape index (κ1) is 18.4. The predicted octanol–water partition coefficient (Wildman–Crippen LogP) is 4.23. The maximum atomic E-state index is 12.6. The first-order chi connectivity index (χ1) is 12.2. The summed E-state index contributed by atoms with van der Waals surface area (Å²) in [5.41, 5.74) is 0.289. The number of hydrogen-bond acceptors (Lipinski definition) is 3. The topological polar surface area (TPSA) is 49.0 Å². The minimum Gasteiger partial charge on any atom is -0.309 e. The Morgan fingerprint density at radius 1 is 1.12 bits per heavy atom. The predicted molar refractivity (Wildman–Crippen MR) is 94.0 cm³/mol. The second-order valence-electron chi connectivity index (χ2n) is 6.04. The molecule has 0 amide bonds. The molecular formula is C18H15ClF3N3O. The third-order valence-electron chi connectivity index (χ3n) is 3.87. The summed E-state index contributed by atoms with van der Waals surface area (Å²) < 4.78 is 37.8. The number of nitrogens with zero attached hydrogens (tertiary/aromatic N) is 2. The van der Waals surface area contributed by atoms with Crippen LogP contribution in [-0.4, -0.2) is 21.9 Å². The molecule has 3 aromatic rings.